The number of carbonyl (C=O) groups is 1. The second kappa shape index (κ2) is 3.81. The fourth-order valence-corrected chi connectivity index (χ4v) is 0.260. The van der Waals surface area contributed by atoms with E-state index in [-0.39, 0.29) is 0 Å². The molecule has 0 aliphatic heterocycles. The first-order chi connectivity index (χ1) is 3.31. The molecule has 0 saturated heterocycles. The summed E-state index contributed by atoms with van der Waals surface area (Å²) in [6.07, 6.45) is 1.49. The highest BCUT2D eigenvalue weighted by atomic mass is 16.1. The highest BCUT2D eigenvalue weighted by molar-refractivity contribution is 5.49. The molecule has 0 unspecified atom stereocenters. The van der Waals surface area contributed by atoms with Crippen molar-refractivity contribution in [3.8, 4) is 0 Å². The van der Waals surface area contributed by atoms with E-state index in [1.54, 1.807) is 0 Å². The van der Waals surface area contributed by atoms with Gasteiger partial charge < -0.3 is 10.5 Å². The van der Waals surface area contributed by atoms with Gasteiger partial charge in [-0.1, -0.05) is 6.92 Å². The van der Waals surface area contributed by atoms with Crippen molar-refractivity contribution >= 4 is 6.29 Å². The molecule has 0 bridgehead atoms. The number of rotatable bonds is 3. The van der Waals surface area contributed by atoms with E-state index in [0.29, 0.717) is 18.9 Å². The van der Waals surface area contributed by atoms with Crippen LogP contribution in [0.5, 0.6) is 0 Å². The van der Waals surface area contributed by atoms with E-state index in [2.05, 4.69) is 0 Å². The lowest BCUT2D eigenvalue weighted by molar-refractivity contribution is -0.108. The molecule has 0 rings (SSSR count). The first-order valence-electron chi connectivity index (χ1n) is 2.45. The predicted octanol–water partition coefficient (Wildman–Crippen LogP) is 0.170. The van der Waals surface area contributed by atoms with Gasteiger partial charge in [-0.05, 0) is 12.5 Å². The Morgan fingerprint density at radius 3 is 2.57 bits per heavy atom. The normalized spacial score (nSPS) is 13.4. The topological polar surface area (TPSA) is 43.1 Å². The molecule has 0 aliphatic rings. The summed E-state index contributed by atoms with van der Waals surface area (Å²) in [4.78, 5) is 9.72. The molecule has 0 radical (unpaired) electrons. The summed E-state index contributed by atoms with van der Waals surface area (Å²) in [5.41, 5.74) is 5.20. The molecule has 42 valence electrons. The molecule has 0 aromatic carbocycles. The minimum absolute atomic E-state index is 0.359. The van der Waals surface area contributed by atoms with Gasteiger partial charge in [0.05, 0.1) is 0 Å². The summed E-state index contributed by atoms with van der Waals surface area (Å²) in [7, 11) is 0. The smallest absolute Gasteiger partial charge is 0.120 e. The zero-order valence-electron chi connectivity index (χ0n) is 4.55. The van der Waals surface area contributed by atoms with Crippen LogP contribution in [-0.4, -0.2) is 12.8 Å². The van der Waals surface area contributed by atoms with Crippen LogP contribution in [0.15, 0.2) is 0 Å². The molecule has 0 spiro atoms. The Kier molecular flexibility index (Phi) is 3.61. The van der Waals surface area contributed by atoms with Crippen LogP contribution >= 0.6 is 0 Å². The highest BCUT2D eigenvalue weighted by Gasteiger charge is 1.93. The van der Waals surface area contributed by atoms with Crippen LogP contribution in [0.25, 0.3) is 0 Å². The van der Waals surface area contributed by atoms with Crippen molar-refractivity contribution in [1.29, 1.82) is 0 Å². The van der Waals surface area contributed by atoms with Crippen LogP contribution < -0.4 is 5.73 Å². The van der Waals surface area contributed by atoms with E-state index in [4.69, 9.17) is 5.73 Å². The lowest BCUT2D eigenvalue weighted by atomic mass is 10.1. The van der Waals surface area contributed by atoms with Crippen molar-refractivity contribution < 1.29 is 4.79 Å². The Balaban J connectivity index is 2.98. The highest BCUT2D eigenvalue weighted by Crippen LogP contribution is 1.92. The average Bonchev–Trinajstić information content (AvgIpc) is 1.68. The Labute approximate surface area is 43.7 Å². The molecular formula is C5H11NO. The molecule has 1 atom stereocenters. The lowest BCUT2D eigenvalue weighted by Gasteiger charge is -1.98. The molecule has 0 fully saturated rings. The summed E-state index contributed by atoms with van der Waals surface area (Å²) in [6.45, 7) is 2.56. The molecule has 0 heterocycles. The van der Waals surface area contributed by atoms with Crippen LogP contribution in [0.1, 0.15) is 13.3 Å². The Hall–Kier alpha value is -0.370. The van der Waals surface area contributed by atoms with Crippen molar-refractivity contribution in [3.63, 3.8) is 0 Å². The van der Waals surface area contributed by atoms with Gasteiger partial charge in [-0.3, -0.25) is 0 Å². The van der Waals surface area contributed by atoms with Crippen LogP contribution in [0, 0.1) is 5.92 Å². The van der Waals surface area contributed by atoms with Gasteiger partial charge in [0, 0.05) is 6.42 Å². The van der Waals surface area contributed by atoms with E-state index < -0.39 is 0 Å². The molecular weight excluding hydrogens is 90.1 g/mol. The lowest BCUT2D eigenvalue weighted by Crippen LogP contribution is -2.10. The molecule has 0 aromatic rings. The molecule has 2 N–H and O–H groups in total. The van der Waals surface area contributed by atoms with Gasteiger partial charge in [0.2, 0.25) is 0 Å². The summed E-state index contributed by atoms with van der Waals surface area (Å²) in [5, 5.41) is 0. The maximum absolute atomic E-state index is 9.72. The Morgan fingerprint density at radius 2 is 2.43 bits per heavy atom. The first-order valence-corrected chi connectivity index (χ1v) is 2.45. The summed E-state index contributed by atoms with van der Waals surface area (Å²) >= 11 is 0. The van der Waals surface area contributed by atoms with Crippen molar-refractivity contribution in [2.45, 2.75) is 13.3 Å². The predicted molar refractivity (Wildman–Crippen MR) is 28.9 cm³/mol. The quantitative estimate of drug-likeness (QED) is 0.515. The van der Waals surface area contributed by atoms with Gasteiger partial charge in [-0.2, -0.15) is 0 Å². The van der Waals surface area contributed by atoms with Crippen molar-refractivity contribution in [1.82, 2.24) is 0 Å². The van der Waals surface area contributed by atoms with Gasteiger partial charge in [-0.25, -0.2) is 0 Å². The summed E-state index contributed by atoms with van der Waals surface area (Å²) in [5.74, 6) is 0.359. The third-order valence-electron chi connectivity index (χ3n) is 0.901. The average molecular weight is 101 g/mol. The minimum atomic E-state index is 0.359. The van der Waals surface area contributed by atoms with E-state index in [1.165, 1.54) is 0 Å². The fourth-order valence-electron chi connectivity index (χ4n) is 0.260. The van der Waals surface area contributed by atoms with Crippen LogP contribution in [0.2, 0.25) is 0 Å². The van der Waals surface area contributed by atoms with Gasteiger partial charge in [0.15, 0.2) is 0 Å². The number of nitrogens with two attached hydrogens (primary N) is 1. The van der Waals surface area contributed by atoms with E-state index in [1.807, 2.05) is 6.92 Å². The van der Waals surface area contributed by atoms with E-state index in [0.717, 1.165) is 6.29 Å². The molecule has 2 nitrogen and oxygen atoms in total. The maximum atomic E-state index is 9.72. The summed E-state index contributed by atoms with van der Waals surface area (Å²) in [6, 6.07) is 0. The van der Waals surface area contributed by atoms with Crippen LogP contribution in [-0.2, 0) is 4.79 Å². The minimum Gasteiger partial charge on any atom is -0.330 e. The van der Waals surface area contributed by atoms with Crippen molar-refractivity contribution in [3.05, 3.63) is 0 Å². The van der Waals surface area contributed by atoms with Crippen molar-refractivity contribution in [2.75, 3.05) is 6.54 Å². The summed E-state index contributed by atoms with van der Waals surface area (Å²) < 4.78 is 0. The number of aldehydes is 1. The Bertz CT molecular complexity index is 54.0. The monoisotopic (exact) mass is 101 g/mol. The second-order valence-corrected chi connectivity index (χ2v) is 1.74. The largest absolute Gasteiger partial charge is 0.330 e. The SMILES string of the molecule is C[C@@H](CN)CC=O. The second-order valence-electron chi connectivity index (χ2n) is 1.74. The molecule has 7 heavy (non-hydrogen) atoms. The molecule has 0 amide bonds. The standard InChI is InChI=1S/C5H11NO/c1-5(4-6)2-3-7/h3,5H,2,4,6H2,1H3/t5-/m1/s1. The fraction of sp³-hybridized carbons (Fsp3) is 0.800. The third-order valence-corrected chi connectivity index (χ3v) is 0.901. The van der Waals surface area contributed by atoms with E-state index >= 15 is 0 Å². The van der Waals surface area contributed by atoms with Crippen molar-refractivity contribution in [2.24, 2.45) is 11.7 Å². The Morgan fingerprint density at radius 1 is 1.86 bits per heavy atom. The third kappa shape index (κ3) is 3.46. The van der Waals surface area contributed by atoms with Gasteiger partial charge in [-0.15, -0.1) is 0 Å². The number of hydrogen-bond acceptors (Lipinski definition) is 2. The number of carbonyl (C=O) groups excluding carboxylic acids is 1. The van der Waals surface area contributed by atoms with Crippen LogP contribution in [0.3, 0.4) is 0 Å². The van der Waals surface area contributed by atoms with Crippen LogP contribution in [0.4, 0.5) is 0 Å². The molecule has 2 heteroatoms. The van der Waals surface area contributed by atoms with Gasteiger partial charge in [0.25, 0.3) is 0 Å². The zero-order chi connectivity index (χ0) is 5.70. The first kappa shape index (κ1) is 6.63. The van der Waals surface area contributed by atoms with Gasteiger partial charge >= 0.3 is 0 Å². The maximum Gasteiger partial charge on any atom is 0.120 e. The molecule has 0 saturated carbocycles. The van der Waals surface area contributed by atoms with Gasteiger partial charge in [0.1, 0.15) is 6.29 Å². The molecule has 0 aromatic heterocycles. The van der Waals surface area contributed by atoms with E-state index in [9.17, 15) is 4.79 Å². The molecule has 0 aliphatic carbocycles. The zero-order valence-corrected chi connectivity index (χ0v) is 4.55. The number of hydrogen-bond donors (Lipinski definition) is 1.